The lowest BCUT2D eigenvalue weighted by molar-refractivity contribution is 0.265. The van der Waals surface area contributed by atoms with Crippen LogP contribution in [-0.2, 0) is 0 Å². The van der Waals surface area contributed by atoms with Gasteiger partial charge in [-0.05, 0) is 42.7 Å². The lowest BCUT2D eigenvalue weighted by Gasteiger charge is -2.18. The summed E-state index contributed by atoms with van der Waals surface area (Å²) in [6, 6.07) is 16.2. The van der Waals surface area contributed by atoms with Crippen molar-refractivity contribution in [1.82, 2.24) is 10.6 Å². The first-order chi connectivity index (χ1) is 12.6. The lowest BCUT2D eigenvalue weighted by atomic mass is 10.0. The number of rotatable bonds is 8. The molecule has 27 heavy (non-hydrogen) atoms. The van der Waals surface area contributed by atoms with Gasteiger partial charge in [0.15, 0.2) is 5.96 Å². The Morgan fingerprint density at radius 3 is 2.33 bits per heavy atom. The SMILES string of the molecule is CN=C(NCCOc1cc(C)cc(C)c1)NCC(CO)c1ccccc1.I. The number of nitrogens with zero attached hydrogens (tertiary/aromatic N) is 1. The molecule has 0 spiro atoms. The maximum Gasteiger partial charge on any atom is 0.191 e. The Labute approximate surface area is 179 Å². The lowest BCUT2D eigenvalue weighted by Crippen LogP contribution is -2.41. The van der Waals surface area contributed by atoms with E-state index in [-0.39, 0.29) is 36.5 Å². The second kappa shape index (κ2) is 12.6. The predicted octanol–water partition coefficient (Wildman–Crippen LogP) is 3.24. The van der Waals surface area contributed by atoms with Crippen molar-refractivity contribution in [2.45, 2.75) is 19.8 Å². The molecule has 0 aliphatic rings. The monoisotopic (exact) mass is 483 g/mol. The van der Waals surface area contributed by atoms with E-state index in [0.29, 0.717) is 25.7 Å². The molecule has 0 aliphatic heterocycles. The maximum atomic E-state index is 9.63. The van der Waals surface area contributed by atoms with E-state index in [1.165, 1.54) is 11.1 Å². The quantitative estimate of drug-likeness (QED) is 0.234. The molecule has 2 rings (SSSR count). The van der Waals surface area contributed by atoms with Gasteiger partial charge in [0.2, 0.25) is 0 Å². The van der Waals surface area contributed by atoms with E-state index in [0.717, 1.165) is 11.3 Å². The van der Waals surface area contributed by atoms with Gasteiger partial charge in [-0.3, -0.25) is 4.99 Å². The second-order valence-electron chi connectivity index (χ2n) is 6.34. The zero-order valence-corrected chi connectivity index (χ0v) is 18.6. The van der Waals surface area contributed by atoms with Gasteiger partial charge in [0.25, 0.3) is 0 Å². The molecule has 2 aromatic rings. The number of hydrogen-bond donors (Lipinski definition) is 3. The van der Waals surface area contributed by atoms with E-state index < -0.39 is 0 Å². The molecule has 0 fully saturated rings. The smallest absolute Gasteiger partial charge is 0.191 e. The summed E-state index contributed by atoms with van der Waals surface area (Å²) in [5.41, 5.74) is 3.50. The number of benzene rings is 2. The fraction of sp³-hybridized carbons (Fsp3) is 0.381. The number of nitrogens with one attached hydrogen (secondary N) is 2. The summed E-state index contributed by atoms with van der Waals surface area (Å²) in [5, 5.41) is 16.1. The van der Waals surface area contributed by atoms with Crippen LogP contribution in [0, 0.1) is 13.8 Å². The van der Waals surface area contributed by atoms with Gasteiger partial charge in [0, 0.05) is 19.5 Å². The number of ether oxygens (including phenoxy) is 1. The molecule has 6 heteroatoms. The number of aliphatic imine (C=N–C) groups is 1. The highest BCUT2D eigenvalue weighted by atomic mass is 127. The van der Waals surface area contributed by atoms with Gasteiger partial charge < -0.3 is 20.5 Å². The molecule has 5 nitrogen and oxygen atoms in total. The van der Waals surface area contributed by atoms with Gasteiger partial charge in [0.1, 0.15) is 12.4 Å². The van der Waals surface area contributed by atoms with Crippen LogP contribution < -0.4 is 15.4 Å². The normalized spacial score (nSPS) is 12.1. The highest BCUT2D eigenvalue weighted by Crippen LogP contribution is 2.16. The Bertz CT molecular complexity index is 688. The summed E-state index contributed by atoms with van der Waals surface area (Å²) < 4.78 is 5.79. The van der Waals surface area contributed by atoms with E-state index in [4.69, 9.17) is 4.74 Å². The van der Waals surface area contributed by atoms with Crippen molar-refractivity contribution in [2.24, 2.45) is 4.99 Å². The Hall–Kier alpha value is -1.80. The zero-order valence-electron chi connectivity index (χ0n) is 16.2. The predicted molar refractivity (Wildman–Crippen MR) is 122 cm³/mol. The van der Waals surface area contributed by atoms with Gasteiger partial charge in [-0.15, -0.1) is 24.0 Å². The number of halogens is 1. The number of hydrogen-bond acceptors (Lipinski definition) is 3. The van der Waals surface area contributed by atoms with Crippen molar-refractivity contribution in [2.75, 3.05) is 33.4 Å². The number of aliphatic hydroxyl groups excluding tert-OH is 1. The van der Waals surface area contributed by atoms with E-state index in [2.05, 4.69) is 35.5 Å². The molecule has 0 bridgehead atoms. The summed E-state index contributed by atoms with van der Waals surface area (Å²) in [7, 11) is 1.73. The number of aliphatic hydroxyl groups is 1. The van der Waals surface area contributed by atoms with E-state index >= 15 is 0 Å². The molecule has 0 saturated heterocycles. The van der Waals surface area contributed by atoms with Gasteiger partial charge in [0.05, 0.1) is 13.2 Å². The second-order valence-corrected chi connectivity index (χ2v) is 6.34. The van der Waals surface area contributed by atoms with Crippen molar-refractivity contribution in [3.8, 4) is 5.75 Å². The van der Waals surface area contributed by atoms with Gasteiger partial charge >= 0.3 is 0 Å². The molecule has 0 radical (unpaired) electrons. The maximum absolute atomic E-state index is 9.63. The van der Waals surface area contributed by atoms with Crippen LogP contribution in [0.3, 0.4) is 0 Å². The molecule has 3 N–H and O–H groups in total. The van der Waals surface area contributed by atoms with Crippen molar-refractivity contribution in [3.05, 3.63) is 65.2 Å². The van der Waals surface area contributed by atoms with Gasteiger partial charge in [-0.2, -0.15) is 0 Å². The van der Waals surface area contributed by atoms with Crippen molar-refractivity contribution < 1.29 is 9.84 Å². The average Bonchev–Trinajstić information content (AvgIpc) is 2.64. The fourth-order valence-electron chi connectivity index (χ4n) is 2.81. The van der Waals surface area contributed by atoms with Crippen LogP contribution in [0.25, 0.3) is 0 Å². The molecule has 2 aromatic carbocycles. The Morgan fingerprint density at radius 2 is 1.74 bits per heavy atom. The summed E-state index contributed by atoms with van der Waals surface area (Å²) in [6.45, 7) is 6.01. The van der Waals surface area contributed by atoms with Gasteiger partial charge in [-0.1, -0.05) is 36.4 Å². The summed E-state index contributed by atoms with van der Waals surface area (Å²) >= 11 is 0. The molecule has 1 unspecified atom stereocenters. The van der Waals surface area contributed by atoms with Crippen LogP contribution in [0.15, 0.2) is 53.5 Å². The van der Waals surface area contributed by atoms with Crippen molar-refractivity contribution in [3.63, 3.8) is 0 Å². The molecule has 0 aliphatic carbocycles. The first-order valence-electron chi connectivity index (χ1n) is 8.93. The fourth-order valence-corrected chi connectivity index (χ4v) is 2.81. The van der Waals surface area contributed by atoms with Crippen LogP contribution in [0.4, 0.5) is 0 Å². The molecule has 0 saturated carbocycles. The Kier molecular flexibility index (Phi) is 10.8. The largest absolute Gasteiger partial charge is 0.492 e. The third-order valence-electron chi connectivity index (χ3n) is 4.09. The third kappa shape index (κ3) is 8.17. The molecular weight excluding hydrogens is 453 g/mol. The molecule has 0 amide bonds. The van der Waals surface area contributed by atoms with Crippen LogP contribution in [0.5, 0.6) is 5.75 Å². The van der Waals surface area contributed by atoms with Crippen LogP contribution in [-0.4, -0.2) is 44.4 Å². The van der Waals surface area contributed by atoms with E-state index in [1.54, 1.807) is 7.05 Å². The zero-order chi connectivity index (χ0) is 18.8. The average molecular weight is 483 g/mol. The molecule has 0 heterocycles. The highest BCUT2D eigenvalue weighted by Gasteiger charge is 2.10. The molecular formula is C21H30IN3O2. The number of aryl methyl sites for hydroxylation is 2. The summed E-state index contributed by atoms with van der Waals surface area (Å²) in [4.78, 5) is 4.22. The van der Waals surface area contributed by atoms with Crippen molar-refractivity contribution >= 4 is 29.9 Å². The minimum absolute atomic E-state index is 0. The highest BCUT2D eigenvalue weighted by molar-refractivity contribution is 14.0. The molecule has 0 aromatic heterocycles. The third-order valence-corrected chi connectivity index (χ3v) is 4.09. The molecule has 148 valence electrons. The minimum atomic E-state index is 0. The van der Waals surface area contributed by atoms with Crippen LogP contribution in [0.2, 0.25) is 0 Å². The van der Waals surface area contributed by atoms with E-state index in [9.17, 15) is 5.11 Å². The van der Waals surface area contributed by atoms with Crippen LogP contribution in [0.1, 0.15) is 22.6 Å². The Morgan fingerprint density at radius 1 is 1.07 bits per heavy atom. The minimum Gasteiger partial charge on any atom is -0.492 e. The van der Waals surface area contributed by atoms with Gasteiger partial charge in [-0.25, -0.2) is 0 Å². The Balaban J connectivity index is 0.00000364. The van der Waals surface area contributed by atoms with E-state index in [1.807, 2.05) is 42.5 Å². The van der Waals surface area contributed by atoms with Crippen molar-refractivity contribution in [1.29, 1.82) is 0 Å². The topological polar surface area (TPSA) is 65.9 Å². The summed E-state index contributed by atoms with van der Waals surface area (Å²) in [6.07, 6.45) is 0. The van der Waals surface area contributed by atoms with Crippen LogP contribution >= 0.6 is 24.0 Å². The number of guanidine groups is 1. The first kappa shape index (κ1) is 23.2. The summed E-state index contributed by atoms with van der Waals surface area (Å²) in [5.74, 6) is 1.61. The molecule has 1 atom stereocenters. The first-order valence-corrected chi connectivity index (χ1v) is 8.93. The standard InChI is InChI=1S/C21H29N3O2.HI/c1-16-11-17(2)13-20(12-16)26-10-9-23-21(22-3)24-14-19(15-25)18-7-5-4-6-8-18;/h4-8,11-13,19,25H,9-10,14-15H2,1-3H3,(H2,22,23,24);1H.